The standard InChI is InChI=1S/C13H14ClN5O/c1-9-2-4-10(5-3-9)20-13-11(14)12(16-7-17-13)19-8-15-6-18-19/h2,6-8,10H,3-5H2,1H3. The second-order valence-corrected chi connectivity index (χ2v) is 5.10. The van der Waals surface area contributed by atoms with E-state index in [2.05, 4.69) is 33.1 Å². The molecule has 0 saturated carbocycles. The highest BCUT2D eigenvalue weighted by atomic mass is 35.5. The first-order chi connectivity index (χ1) is 9.74. The van der Waals surface area contributed by atoms with Gasteiger partial charge in [0, 0.05) is 6.42 Å². The average Bonchev–Trinajstić information content (AvgIpc) is 2.97. The van der Waals surface area contributed by atoms with Gasteiger partial charge >= 0.3 is 0 Å². The van der Waals surface area contributed by atoms with Crippen molar-refractivity contribution in [1.82, 2.24) is 24.7 Å². The van der Waals surface area contributed by atoms with Crippen LogP contribution in [0.1, 0.15) is 26.2 Å². The molecule has 0 amide bonds. The number of aromatic nitrogens is 5. The fraction of sp³-hybridized carbons (Fsp3) is 0.385. The van der Waals surface area contributed by atoms with Crippen molar-refractivity contribution >= 4 is 11.6 Å². The van der Waals surface area contributed by atoms with E-state index < -0.39 is 0 Å². The monoisotopic (exact) mass is 291 g/mol. The Morgan fingerprint density at radius 2 is 2.25 bits per heavy atom. The van der Waals surface area contributed by atoms with Crippen molar-refractivity contribution in [2.24, 2.45) is 0 Å². The van der Waals surface area contributed by atoms with E-state index in [0.717, 1.165) is 19.3 Å². The van der Waals surface area contributed by atoms with Crippen molar-refractivity contribution in [3.8, 4) is 11.7 Å². The van der Waals surface area contributed by atoms with E-state index in [4.69, 9.17) is 16.3 Å². The van der Waals surface area contributed by atoms with Crippen LogP contribution in [-0.2, 0) is 0 Å². The molecule has 0 radical (unpaired) electrons. The van der Waals surface area contributed by atoms with Crippen LogP contribution >= 0.6 is 11.6 Å². The van der Waals surface area contributed by atoms with Gasteiger partial charge in [-0.05, 0) is 19.8 Å². The van der Waals surface area contributed by atoms with Crippen molar-refractivity contribution in [3.63, 3.8) is 0 Å². The number of rotatable bonds is 3. The molecule has 2 aromatic heterocycles. The lowest BCUT2D eigenvalue weighted by Crippen LogP contribution is -2.19. The lowest BCUT2D eigenvalue weighted by atomic mass is 9.98. The van der Waals surface area contributed by atoms with E-state index in [9.17, 15) is 0 Å². The molecule has 0 N–H and O–H groups in total. The quantitative estimate of drug-likeness (QED) is 0.813. The fourth-order valence-electron chi connectivity index (χ4n) is 2.11. The van der Waals surface area contributed by atoms with Gasteiger partial charge in [0.15, 0.2) is 5.82 Å². The zero-order chi connectivity index (χ0) is 13.9. The highest BCUT2D eigenvalue weighted by Crippen LogP contribution is 2.29. The predicted octanol–water partition coefficient (Wildman–Crippen LogP) is 2.59. The first-order valence-corrected chi connectivity index (χ1v) is 6.79. The van der Waals surface area contributed by atoms with Gasteiger partial charge in [-0.2, -0.15) is 5.10 Å². The van der Waals surface area contributed by atoms with Crippen LogP contribution < -0.4 is 4.74 Å². The van der Waals surface area contributed by atoms with Crippen molar-refractivity contribution < 1.29 is 4.74 Å². The summed E-state index contributed by atoms with van der Waals surface area (Å²) in [6.07, 6.45) is 9.58. The summed E-state index contributed by atoms with van der Waals surface area (Å²) in [4.78, 5) is 12.1. The van der Waals surface area contributed by atoms with Crippen LogP contribution in [0.15, 0.2) is 30.6 Å². The van der Waals surface area contributed by atoms with Crippen molar-refractivity contribution in [1.29, 1.82) is 0 Å². The van der Waals surface area contributed by atoms with Gasteiger partial charge in [-0.3, -0.25) is 0 Å². The molecule has 7 heteroatoms. The van der Waals surface area contributed by atoms with Gasteiger partial charge in [0.25, 0.3) is 0 Å². The lowest BCUT2D eigenvalue weighted by molar-refractivity contribution is 0.181. The molecule has 0 saturated heterocycles. The SMILES string of the molecule is CC1=CCC(Oc2ncnc(-n3cncn3)c2Cl)CC1. The van der Waals surface area contributed by atoms with Crippen molar-refractivity contribution in [3.05, 3.63) is 35.7 Å². The van der Waals surface area contributed by atoms with E-state index in [-0.39, 0.29) is 6.10 Å². The molecule has 1 aliphatic rings. The summed E-state index contributed by atoms with van der Waals surface area (Å²) in [5, 5.41) is 4.36. The summed E-state index contributed by atoms with van der Waals surface area (Å²) in [6, 6.07) is 0. The Morgan fingerprint density at radius 3 is 2.95 bits per heavy atom. The fourth-order valence-corrected chi connectivity index (χ4v) is 2.34. The van der Waals surface area contributed by atoms with Crippen molar-refractivity contribution in [2.45, 2.75) is 32.3 Å². The van der Waals surface area contributed by atoms with Crippen LogP contribution in [0.5, 0.6) is 5.88 Å². The smallest absolute Gasteiger partial charge is 0.238 e. The van der Waals surface area contributed by atoms with E-state index in [0.29, 0.717) is 16.7 Å². The maximum absolute atomic E-state index is 6.29. The molecule has 6 nitrogen and oxygen atoms in total. The van der Waals surface area contributed by atoms with Crippen LogP contribution in [0.3, 0.4) is 0 Å². The molecule has 1 atom stereocenters. The number of halogens is 1. The van der Waals surface area contributed by atoms with Crippen molar-refractivity contribution in [2.75, 3.05) is 0 Å². The molecule has 2 heterocycles. The molecule has 1 aliphatic carbocycles. The molecule has 0 fully saturated rings. The molecule has 20 heavy (non-hydrogen) atoms. The molecule has 0 aromatic carbocycles. The van der Waals surface area contributed by atoms with E-state index in [1.165, 1.54) is 29.2 Å². The second-order valence-electron chi connectivity index (χ2n) is 4.72. The van der Waals surface area contributed by atoms with Gasteiger partial charge in [-0.15, -0.1) is 0 Å². The minimum Gasteiger partial charge on any atom is -0.473 e. The van der Waals surface area contributed by atoms with E-state index in [1.54, 1.807) is 0 Å². The number of nitrogens with zero attached hydrogens (tertiary/aromatic N) is 5. The third-order valence-electron chi connectivity index (χ3n) is 3.24. The third-order valence-corrected chi connectivity index (χ3v) is 3.57. The van der Waals surface area contributed by atoms with E-state index >= 15 is 0 Å². The van der Waals surface area contributed by atoms with Gasteiger partial charge in [0.1, 0.15) is 30.1 Å². The minimum absolute atomic E-state index is 0.106. The topological polar surface area (TPSA) is 65.7 Å². The normalized spacial score (nSPS) is 18.7. The summed E-state index contributed by atoms with van der Waals surface area (Å²) < 4.78 is 7.37. The molecule has 1 unspecified atom stereocenters. The van der Waals surface area contributed by atoms with Crippen LogP contribution in [0.25, 0.3) is 5.82 Å². The number of hydrogen-bond acceptors (Lipinski definition) is 5. The summed E-state index contributed by atoms with van der Waals surface area (Å²) in [7, 11) is 0. The maximum Gasteiger partial charge on any atom is 0.238 e. The molecular formula is C13H14ClN5O. The summed E-state index contributed by atoms with van der Waals surface area (Å²) in [6.45, 7) is 2.14. The minimum atomic E-state index is 0.106. The predicted molar refractivity (Wildman–Crippen MR) is 74.0 cm³/mol. The Bertz CT molecular complexity index is 626. The zero-order valence-corrected chi connectivity index (χ0v) is 11.8. The highest BCUT2D eigenvalue weighted by molar-refractivity contribution is 6.33. The van der Waals surface area contributed by atoms with Gasteiger partial charge in [0.2, 0.25) is 5.88 Å². The zero-order valence-electron chi connectivity index (χ0n) is 11.0. The molecule has 3 rings (SSSR count). The Balaban J connectivity index is 1.82. The van der Waals surface area contributed by atoms with Gasteiger partial charge in [-0.1, -0.05) is 23.3 Å². The first kappa shape index (κ1) is 13.1. The van der Waals surface area contributed by atoms with Crippen LogP contribution in [0, 0.1) is 0 Å². The Morgan fingerprint density at radius 1 is 1.35 bits per heavy atom. The van der Waals surface area contributed by atoms with Gasteiger partial charge in [0.05, 0.1) is 0 Å². The lowest BCUT2D eigenvalue weighted by Gasteiger charge is -2.21. The Labute approximate surface area is 121 Å². The van der Waals surface area contributed by atoms with Crippen LogP contribution in [0.4, 0.5) is 0 Å². The largest absolute Gasteiger partial charge is 0.473 e. The Hall–Kier alpha value is -1.95. The molecule has 0 bridgehead atoms. The van der Waals surface area contributed by atoms with E-state index in [1.807, 2.05) is 0 Å². The van der Waals surface area contributed by atoms with Crippen LogP contribution in [0.2, 0.25) is 5.02 Å². The number of hydrogen-bond donors (Lipinski definition) is 0. The summed E-state index contributed by atoms with van der Waals surface area (Å²) >= 11 is 6.29. The second kappa shape index (κ2) is 5.58. The third kappa shape index (κ3) is 2.65. The van der Waals surface area contributed by atoms with Crippen LogP contribution in [-0.4, -0.2) is 30.8 Å². The summed E-state index contributed by atoms with van der Waals surface area (Å²) in [5.41, 5.74) is 1.40. The average molecular weight is 292 g/mol. The molecule has 104 valence electrons. The number of allylic oxidation sites excluding steroid dienone is 1. The van der Waals surface area contributed by atoms with Gasteiger partial charge < -0.3 is 4.74 Å². The van der Waals surface area contributed by atoms with Gasteiger partial charge in [-0.25, -0.2) is 19.6 Å². The molecule has 0 aliphatic heterocycles. The molecule has 2 aromatic rings. The molecular weight excluding hydrogens is 278 g/mol. The Kier molecular flexibility index (Phi) is 3.64. The maximum atomic E-state index is 6.29. The summed E-state index contributed by atoms with van der Waals surface area (Å²) in [5.74, 6) is 0.863. The highest BCUT2D eigenvalue weighted by Gasteiger charge is 2.19. The molecule has 0 spiro atoms. The first-order valence-electron chi connectivity index (χ1n) is 6.42. The number of ether oxygens (including phenoxy) is 1.